The Balaban J connectivity index is 1.63. The van der Waals surface area contributed by atoms with Crippen LogP contribution in [-0.4, -0.2) is 30.0 Å². The van der Waals surface area contributed by atoms with E-state index in [0.717, 1.165) is 15.6 Å². The maximum atomic E-state index is 10.1. The van der Waals surface area contributed by atoms with Crippen molar-refractivity contribution in [3.8, 4) is 0 Å². The van der Waals surface area contributed by atoms with Gasteiger partial charge in [0.2, 0.25) is 0 Å². The molecule has 4 heteroatoms. The number of rotatable bonds is 5. The quantitative estimate of drug-likeness (QED) is 0.864. The molecule has 1 aliphatic heterocycles. The summed E-state index contributed by atoms with van der Waals surface area (Å²) >= 11 is 3.45. The monoisotopic (exact) mass is 374 g/mol. The molecule has 0 amide bonds. The highest BCUT2D eigenvalue weighted by Crippen LogP contribution is 2.22. The molecule has 1 saturated heterocycles. The highest BCUT2D eigenvalue weighted by atomic mass is 79.9. The highest BCUT2D eigenvalue weighted by Gasteiger charge is 2.35. The van der Waals surface area contributed by atoms with Gasteiger partial charge in [0.05, 0.1) is 13.2 Å². The van der Waals surface area contributed by atoms with Gasteiger partial charge in [0.25, 0.3) is 0 Å². The Hall–Kier alpha value is -1.46. The van der Waals surface area contributed by atoms with E-state index >= 15 is 0 Å². The van der Waals surface area contributed by atoms with Crippen molar-refractivity contribution in [1.82, 2.24) is 0 Å². The minimum absolute atomic E-state index is 0.239. The molecule has 2 aromatic carbocycles. The molecule has 1 heterocycles. The molecule has 2 aromatic rings. The Morgan fingerprint density at radius 3 is 2.78 bits per heavy atom. The van der Waals surface area contributed by atoms with Crippen LogP contribution in [0.4, 0.5) is 0 Å². The first-order valence-electron chi connectivity index (χ1n) is 7.61. The average molecular weight is 375 g/mol. The summed E-state index contributed by atoms with van der Waals surface area (Å²) in [6.07, 6.45) is 2.76. The summed E-state index contributed by atoms with van der Waals surface area (Å²) in [5.41, 5.74) is 2.16. The lowest BCUT2D eigenvalue weighted by molar-refractivity contribution is -0.0336. The highest BCUT2D eigenvalue weighted by molar-refractivity contribution is 9.10. The summed E-state index contributed by atoms with van der Waals surface area (Å²) in [7, 11) is 0. The van der Waals surface area contributed by atoms with Crippen LogP contribution in [0, 0.1) is 0 Å². The van der Waals surface area contributed by atoms with E-state index in [9.17, 15) is 5.11 Å². The Kier molecular flexibility index (Phi) is 5.62. The van der Waals surface area contributed by atoms with Gasteiger partial charge >= 0.3 is 0 Å². The number of ether oxygens (including phenoxy) is 2. The second kappa shape index (κ2) is 7.88. The SMILES string of the molecule is O[C@@H]1CO[C@@H](C=Cc2ccccc2)[C@H]1OCc1cccc(Br)c1. The van der Waals surface area contributed by atoms with Crippen LogP contribution < -0.4 is 0 Å². The Morgan fingerprint density at radius 1 is 1.17 bits per heavy atom. The van der Waals surface area contributed by atoms with Crippen molar-refractivity contribution in [2.45, 2.75) is 24.9 Å². The van der Waals surface area contributed by atoms with Gasteiger partial charge in [-0.05, 0) is 23.3 Å². The van der Waals surface area contributed by atoms with Gasteiger partial charge in [0.1, 0.15) is 18.3 Å². The molecule has 3 rings (SSSR count). The van der Waals surface area contributed by atoms with Gasteiger partial charge in [-0.15, -0.1) is 0 Å². The Morgan fingerprint density at radius 2 is 2.00 bits per heavy atom. The zero-order valence-electron chi connectivity index (χ0n) is 12.6. The predicted octanol–water partition coefficient (Wildman–Crippen LogP) is 3.81. The van der Waals surface area contributed by atoms with E-state index in [-0.39, 0.29) is 12.2 Å². The van der Waals surface area contributed by atoms with Crippen LogP contribution in [0.3, 0.4) is 0 Å². The van der Waals surface area contributed by atoms with Gasteiger partial charge in [-0.1, -0.05) is 70.5 Å². The Bertz CT molecular complexity index is 657. The first-order valence-corrected chi connectivity index (χ1v) is 8.40. The zero-order chi connectivity index (χ0) is 16.1. The maximum absolute atomic E-state index is 10.1. The van der Waals surface area contributed by atoms with Gasteiger partial charge in [0, 0.05) is 4.47 Å². The van der Waals surface area contributed by atoms with Crippen molar-refractivity contribution in [2.24, 2.45) is 0 Å². The van der Waals surface area contributed by atoms with E-state index in [2.05, 4.69) is 15.9 Å². The van der Waals surface area contributed by atoms with Crippen molar-refractivity contribution in [3.63, 3.8) is 0 Å². The molecule has 1 fully saturated rings. The maximum Gasteiger partial charge on any atom is 0.116 e. The number of aliphatic hydroxyl groups is 1. The third kappa shape index (κ3) is 4.52. The van der Waals surface area contributed by atoms with Crippen LogP contribution in [0.15, 0.2) is 65.1 Å². The van der Waals surface area contributed by atoms with Gasteiger partial charge < -0.3 is 14.6 Å². The minimum Gasteiger partial charge on any atom is -0.388 e. The molecule has 0 radical (unpaired) electrons. The van der Waals surface area contributed by atoms with Gasteiger partial charge in [-0.3, -0.25) is 0 Å². The summed E-state index contributed by atoms with van der Waals surface area (Å²) in [6, 6.07) is 18.0. The fourth-order valence-corrected chi connectivity index (χ4v) is 3.03. The standard InChI is InChI=1S/C19H19BrO3/c20-16-8-4-7-15(11-16)12-23-19-17(21)13-22-18(19)10-9-14-5-2-1-3-6-14/h1-11,17-19,21H,12-13H2/t17-,18+,19+/m1/s1. The molecule has 0 aromatic heterocycles. The largest absolute Gasteiger partial charge is 0.388 e. The second-order valence-electron chi connectivity index (χ2n) is 5.54. The minimum atomic E-state index is -0.604. The van der Waals surface area contributed by atoms with E-state index in [1.54, 1.807) is 0 Å². The summed E-state index contributed by atoms with van der Waals surface area (Å²) in [5.74, 6) is 0. The van der Waals surface area contributed by atoms with Crippen LogP contribution in [0.2, 0.25) is 0 Å². The van der Waals surface area contributed by atoms with Crippen LogP contribution in [0.5, 0.6) is 0 Å². The summed E-state index contributed by atoms with van der Waals surface area (Å²) in [4.78, 5) is 0. The van der Waals surface area contributed by atoms with Gasteiger partial charge in [-0.25, -0.2) is 0 Å². The topological polar surface area (TPSA) is 38.7 Å². The molecule has 0 spiro atoms. The first kappa shape index (κ1) is 16.4. The molecule has 120 valence electrons. The fraction of sp³-hybridized carbons (Fsp3) is 0.263. The molecule has 0 aliphatic carbocycles. The van der Waals surface area contributed by atoms with Crippen molar-refractivity contribution in [1.29, 1.82) is 0 Å². The number of aliphatic hydroxyl groups excluding tert-OH is 1. The van der Waals surface area contributed by atoms with Gasteiger partial charge in [0.15, 0.2) is 0 Å². The van der Waals surface area contributed by atoms with Crippen molar-refractivity contribution in [2.75, 3.05) is 6.61 Å². The lowest BCUT2D eigenvalue weighted by Gasteiger charge is -2.19. The van der Waals surface area contributed by atoms with Crippen molar-refractivity contribution < 1.29 is 14.6 Å². The summed E-state index contributed by atoms with van der Waals surface area (Å²) < 4.78 is 12.6. The number of hydrogen-bond acceptors (Lipinski definition) is 3. The molecule has 23 heavy (non-hydrogen) atoms. The third-order valence-electron chi connectivity index (χ3n) is 3.77. The molecule has 0 unspecified atom stereocenters. The molecule has 1 N–H and O–H groups in total. The zero-order valence-corrected chi connectivity index (χ0v) is 14.2. The summed E-state index contributed by atoms with van der Waals surface area (Å²) in [6.45, 7) is 0.743. The smallest absolute Gasteiger partial charge is 0.116 e. The van der Waals surface area contributed by atoms with Crippen LogP contribution >= 0.6 is 15.9 Å². The lowest BCUT2D eigenvalue weighted by Crippen LogP contribution is -2.32. The average Bonchev–Trinajstić information content (AvgIpc) is 2.92. The van der Waals surface area contributed by atoms with Crippen LogP contribution in [0.1, 0.15) is 11.1 Å². The molecule has 3 atom stereocenters. The first-order chi connectivity index (χ1) is 11.2. The molecular formula is C19H19BrO3. The van der Waals surface area contributed by atoms with E-state index in [1.165, 1.54) is 0 Å². The number of halogens is 1. The van der Waals surface area contributed by atoms with E-state index in [4.69, 9.17) is 9.47 Å². The van der Waals surface area contributed by atoms with E-state index < -0.39 is 6.10 Å². The van der Waals surface area contributed by atoms with E-state index in [0.29, 0.717) is 13.2 Å². The predicted molar refractivity (Wildman–Crippen MR) is 93.9 cm³/mol. The molecular weight excluding hydrogens is 356 g/mol. The molecule has 3 nitrogen and oxygen atoms in total. The Labute approximate surface area is 144 Å². The second-order valence-corrected chi connectivity index (χ2v) is 6.46. The van der Waals surface area contributed by atoms with Crippen molar-refractivity contribution >= 4 is 22.0 Å². The molecule has 0 bridgehead atoms. The number of hydrogen-bond donors (Lipinski definition) is 1. The van der Waals surface area contributed by atoms with Crippen LogP contribution in [0.25, 0.3) is 6.08 Å². The fourth-order valence-electron chi connectivity index (χ4n) is 2.58. The third-order valence-corrected chi connectivity index (χ3v) is 4.27. The summed E-state index contributed by atoms with van der Waals surface area (Å²) in [5, 5.41) is 10.1. The number of benzene rings is 2. The molecule has 0 saturated carbocycles. The van der Waals surface area contributed by atoms with E-state index in [1.807, 2.05) is 66.7 Å². The van der Waals surface area contributed by atoms with Crippen LogP contribution in [-0.2, 0) is 16.1 Å². The molecule has 1 aliphatic rings. The van der Waals surface area contributed by atoms with Gasteiger partial charge in [-0.2, -0.15) is 0 Å². The normalized spacial score (nSPS) is 24.3. The lowest BCUT2D eigenvalue weighted by atomic mass is 10.1. The van der Waals surface area contributed by atoms with Crippen molar-refractivity contribution in [3.05, 3.63) is 76.3 Å².